The van der Waals surface area contributed by atoms with Gasteiger partial charge in [0, 0.05) is 30.3 Å². The number of unbranched alkanes of at least 4 members (excludes halogenated alkanes) is 2. The molecular formula is C13H19Cl2NO. The Kier molecular flexibility index (Phi) is 7.62. The maximum atomic E-state index is 6.07. The molecule has 0 radical (unpaired) electrons. The van der Waals surface area contributed by atoms with E-state index in [0.717, 1.165) is 43.1 Å². The summed E-state index contributed by atoms with van der Waals surface area (Å²) >= 11 is 11.9. The fourth-order valence-electron chi connectivity index (χ4n) is 1.56. The Labute approximate surface area is 113 Å². The Morgan fingerprint density at radius 3 is 2.71 bits per heavy atom. The van der Waals surface area contributed by atoms with Gasteiger partial charge in [-0.15, -0.1) is 0 Å². The van der Waals surface area contributed by atoms with Crippen molar-refractivity contribution < 1.29 is 4.74 Å². The van der Waals surface area contributed by atoms with Gasteiger partial charge >= 0.3 is 0 Å². The summed E-state index contributed by atoms with van der Waals surface area (Å²) in [5.41, 5.74) is 1.09. The average Bonchev–Trinajstić information content (AvgIpc) is 2.30. The molecule has 17 heavy (non-hydrogen) atoms. The van der Waals surface area contributed by atoms with Gasteiger partial charge in [0.15, 0.2) is 0 Å². The minimum atomic E-state index is 0.679. The highest BCUT2D eigenvalue weighted by atomic mass is 35.5. The van der Waals surface area contributed by atoms with E-state index >= 15 is 0 Å². The van der Waals surface area contributed by atoms with Gasteiger partial charge in [-0.1, -0.05) is 29.3 Å². The third-order valence-corrected chi connectivity index (χ3v) is 3.12. The zero-order valence-corrected chi connectivity index (χ0v) is 11.7. The first kappa shape index (κ1) is 14.8. The van der Waals surface area contributed by atoms with Crippen molar-refractivity contribution >= 4 is 23.2 Å². The number of ether oxygens (including phenoxy) is 1. The number of rotatable bonds is 8. The molecule has 1 aromatic carbocycles. The molecule has 0 fully saturated rings. The molecule has 0 aliphatic carbocycles. The lowest BCUT2D eigenvalue weighted by Gasteiger charge is -2.07. The number of methoxy groups -OCH3 is 1. The lowest BCUT2D eigenvalue weighted by atomic mass is 10.2. The van der Waals surface area contributed by atoms with Crippen LogP contribution in [0.15, 0.2) is 18.2 Å². The Morgan fingerprint density at radius 2 is 2.00 bits per heavy atom. The molecule has 0 unspecified atom stereocenters. The molecule has 0 saturated heterocycles. The third-order valence-electron chi connectivity index (χ3n) is 2.53. The number of nitrogens with one attached hydrogen (secondary N) is 1. The highest BCUT2D eigenvalue weighted by Gasteiger charge is 2.00. The normalized spacial score (nSPS) is 10.8. The molecule has 4 heteroatoms. The van der Waals surface area contributed by atoms with Gasteiger partial charge in [-0.25, -0.2) is 0 Å². The fraction of sp³-hybridized carbons (Fsp3) is 0.538. The molecule has 0 aromatic heterocycles. The van der Waals surface area contributed by atoms with E-state index in [2.05, 4.69) is 5.32 Å². The van der Waals surface area contributed by atoms with E-state index < -0.39 is 0 Å². The lowest BCUT2D eigenvalue weighted by Crippen LogP contribution is -2.15. The Balaban J connectivity index is 2.14. The molecule has 0 spiro atoms. The van der Waals surface area contributed by atoms with E-state index in [4.69, 9.17) is 27.9 Å². The second-order valence-corrected chi connectivity index (χ2v) is 4.81. The lowest BCUT2D eigenvalue weighted by molar-refractivity contribution is 0.192. The van der Waals surface area contributed by atoms with Crippen LogP contribution in [-0.4, -0.2) is 20.3 Å². The molecule has 0 aliphatic heterocycles. The minimum Gasteiger partial charge on any atom is -0.385 e. The summed E-state index contributed by atoms with van der Waals surface area (Å²) in [6, 6.07) is 5.60. The van der Waals surface area contributed by atoms with E-state index in [1.54, 1.807) is 13.2 Å². The van der Waals surface area contributed by atoms with Crippen LogP contribution in [0.25, 0.3) is 0 Å². The van der Waals surface area contributed by atoms with E-state index in [9.17, 15) is 0 Å². The van der Waals surface area contributed by atoms with Crippen LogP contribution in [0.2, 0.25) is 10.0 Å². The summed E-state index contributed by atoms with van der Waals surface area (Å²) in [4.78, 5) is 0. The van der Waals surface area contributed by atoms with E-state index in [1.807, 2.05) is 12.1 Å². The van der Waals surface area contributed by atoms with Gasteiger partial charge in [-0.05, 0) is 43.5 Å². The predicted octanol–water partition coefficient (Wildman–Crippen LogP) is 3.90. The zero-order valence-electron chi connectivity index (χ0n) is 10.1. The topological polar surface area (TPSA) is 21.3 Å². The molecule has 0 atom stereocenters. The first-order valence-corrected chi connectivity index (χ1v) is 6.63. The smallest absolute Gasteiger partial charge is 0.0465 e. The van der Waals surface area contributed by atoms with Crippen LogP contribution in [-0.2, 0) is 11.3 Å². The summed E-state index contributed by atoms with van der Waals surface area (Å²) in [5, 5.41) is 4.78. The Bertz CT molecular complexity index is 331. The van der Waals surface area contributed by atoms with Gasteiger partial charge in [0.05, 0.1) is 0 Å². The zero-order chi connectivity index (χ0) is 12.5. The van der Waals surface area contributed by atoms with Gasteiger partial charge < -0.3 is 10.1 Å². The summed E-state index contributed by atoms with van der Waals surface area (Å²) in [6.45, 7) is 2.64. The number of halogens is 2. The highest BCUT2D eigenvalue weighted by molar-refractivity contribution is 6.35. The molecule has 1 N–H and O–H groups in total. The molecule has 0 saturated carbocycles. The van der Waals surface area contributed by atoms with Crippen LogP contribution in [0.4, 0.5) is 0 Å². The van der Waals surface area contributed by atoms with Crippen molar-refractivity contribution in [3.63, 3.8) is 0 Å². The van der Waals surface area contributed by atoms with Gasteiger partial charge in [0.25, 0.3) is 0 Å². The van der Waals surface area contributed by atoms with Crippen molar-refractivity contribution in [3.05, 3.63) is 33.8 Å². The van der Waals surface area contributed by atoms with Gasteiger partial charge in [0.1, 0.15) is 0 Å². The first-order valence-electron chi connectivity index (χ1n) is 5.87. The molecule has 0 bridgehead atoms. The van der Waals surface area contributed by atoms with Gasteiger partial charge in [-0.3, -0.25) is 0 Å². The quantitative estimate of drug-likeness (QED) is 0.727. The third kappa shape index (κ3) is 6.27. The largest absolute Gasteiger partial charge is 0.385 e. The molecule has 0 aliphatic rings. The second-order valence-electron chi connectivity index (χ2n) is 3.97. The average molecular weight is 276 g/mol. The number of hydrogen-bond acceptors (Lipinski definition) is 2. The predicted molar refractivity (Wildman–Crippen MR) is 73.9 cm³/mol. The molecule has 1 aromatic rings. The summed E-state index contributed by atoms with van der Waals surface area (Å²) < 4.78 is 4.99. The van der Waals surface area contributed by atoms with Gasteiger partial charge in [-0.2, -0.15) is 0 Å². The molecule has 96 valence electrons. The summed E-state index contributed by atoms with van der Waals surface area (Å²) in [6.07, 6.45) is 3.48. The Morgan fingerprint density at radius 1 is 1.18 bits per heavy atom. The van der Waals surface area contributed by atoms with E-state index in [1.165, 1.54) is 6.42 Å². The maximum Gasteiger partial charge on any atom is 0.0465 e. The van der Waals surface area contributed by atoms with Crippen molar-refractivity contribution in [2.24, 2.45) is 0 Å². The van der Waals surface area contributed by atoms with Crippen LogP contribution in [0.3, 0.4) is 0 Å². The summed E-state index contributed by atoms with van der Waals surface area (Å²) in [5.74, 6) is 0. The molecule has 0 heterocycles. The van der Waals surface area contributed by atoms with Crippen LogP contribution in [0, 0.1) is 0 Å². The minimum absolute atomic E-state index is 0.679. The molecule has 2 nitrogen and oxygen atoms in total. The monoisotopic (exact) mass is 275 g/mol. The van der Waals surface area contributed by atoms with E-state index in [-0.39, 0.29) is 0 Å². The van der Waals surface area contributed by atoms with Crippen molar-refractivity contribution in [1.82, 2.24) is 5.32 Å². The molecule has 0 amide bonds. The van der Waals surface area contributed by atoms with Crippen LogP contribution >= 0.6 is 23.2 Å². The van der Waals surface area contributed by atoms with Crippen LogP contribution in [0.1, 0.15) is 24.8 Å². The molecule has 1 rings (SSSR count). The first-order chi connectivity index (χ1) is 8.24. The number of benzene rings is 1. The highest BCUT2D eigenvalue weighted by Crippen LogP contribution is 2.20. The number of hydrogen-bond donors (Lipinski definition) is 1. The molecular weight excluding hydrogens is 257 g/mol. The maximum absolute atomic E-state index is 6.07. The standard InChI is InChI=1S/C13H19Cl2NO/c1-17-8-4-2-3-7-16-10-11-5-6-12(14)9-13(11)15/h5-6,9,16H,2-4,7-8,10H2,1H3. The van der Waals surface area contributed by atoms with Crippen molar-refractivity contribution in [3.8, 4) is 0 Å². The Hall–Kier alpha value is -0.280. The second kappa shape index (κ2) is 8.76. The van der Waals surface area contributed by atoms with Gasteiger partial charge in [0.2, 0.25) is 0 Å². The van der Waals surface area contributed by atoms with Crippen molar-refractivity contribution in [1.29, 1.82) is 0 Å². The van der Waals surface area contributed by atoms with Crippen molar-refractivity contribution in [2.45, 2.75) is 25.8 Å². The van der Waals surface area contributed by atoms with Crippen LogP contribution in [0.5, 0.6) is 0 Å². The van der Waals surface area contributed by atoms with E-state index in [0.29, 0.717) is 5.02 Å². The van der Waals surface area contributed by atoms with Crippen LogP contribution < -0.4 is 5.32 Å². The van der Waals surface area contributed by atoms with Crippen molar-refractivity contribution in [2.75, 3.05) is 20.3 Å². The summed E-state index contributed by atoms with van der Waals surface area (Å²) in [7, 11) is 1.74. The SMILES string of the molecule is COCCCCCNCc1ccc(Cl)cc1Cl. The fourth-order valence-corrected chi connectivity index (χ4v) is 2.04.